The third-order valence-electron chi connectivity index (χ3n) is 6.01. The summed E-state index contributed by atoms with van der Waals surface area (Å²) in [6.07, 6.45) is 6.51. The van der Waals surface area contributed by atoms with Crippen molar-refractivity contribution in [3.63, 3.8) is 0 Å². The number of likely N-dealkylation sites (N-methyl/N-ethyl adjacent to an activating group) is 1. The highest BCUT2D eigenvalue weighted by Crippen LogP contribution is 2.42. The quantitative estimate of drug-likeness (QED) is 0.648. The Morgan fingerprint density at radius 3 is 2.70 bits per heavy atom. The van der Waals surface area contributed by atoms with Crippen molar-refractivity contribution in [3.05, 3.63) is 47.6 Å². The van der Waals surface area contributed by atoms with Crippen LogP contribution < -0.4 is 0 Å². The minimum absolute atomic E-state index is 0.0605. The first-order valence-corrected chi connectivity index (χ1v) is 10.4. The molecule has 2 fully saturated rings. The van der Waals surface area contributed by atoms with Crippen LogP contribution in [0.4, 0.5) is 0 Å². The highest BCUT2D eigenvalue weighted by Gasteiger charge is 2.36. The number of aromatic nitrogens is 4. The number of furan rings is 1. The van der Waals surface area contributed by atoms with E-state index in [1.165, 1.54) is 0 Å². The van der Waals surface area contributed by atoms with Gasteiger partial charge in [-0.25, -0.2) is 14.6 Å². The van der Waals surface area contributed by atoms with E-state index in [0.717, 1.165) is 43.8 Å². The van der Waals surface area contributed by atoms with Crippen LogP contribution in [0.2, 0.25) is 0 Å². The summed E-state index contributed by atoms with van der Waals surface area (Å²) in [7, 11) is 4.13. The summed E-state index contributed by atoms with van der Waals surface area (Å²) in [4.78, 5) is 26.5. The lowest BCUT2D eigenvalue weighted by atomic mass is 10.1. The summed E-state index contributed by atoms with van der Waals surface area (Å²) in [6.45, 7) is 3.44. The third-order valence-corrected chi connectivity index (χ3v) is 6.01. The predicted octanol–water partition coefficient (Wildman–Crippen LogP) is 2.88. The van der Waals surface area contributed by atoms with Gasteiger partial charge in [-0.1, -0.05) is 0 Å². The molecule has 8 nitrogen and oxygen atoms in total. The van der Waals surface area contributed by atoms with Gasteiger partial charge in [0.1, 0.15) is 11.5 Å². The molecule has 30 heavy (non-hydrogen) atoms. The minimum Gasteiger partial charge on any atom is -0.460 e. The van der Waals surface area contributed by atoms with Gasteiger partial charge in [-0.15, -0.1) is 0 Å². The van der Waals surface area contributed by atoms with Crippen LogP contribution in [-0.2, 0) is 0 Å². The van der Waals surface area contributed by atoms with E-state index in [2.05, 4.69) is 34.1 Å². The van der Waals surface area contributed by atoms with Crippen LogP contribution in [0.3, 0.4) is 0 Å². The Bertz CT molecular complexity index is 1080. The highest BCUT2D eigenvalue weighted by molar-refractivity contribution is 5.95. The van der Waals surface area contributed by atoms with Crippen LogP contribution in [0.15, 0.2) is 35.0 Å². The number of likely N-dealkylation sites (tertiary alicyclic amines) is 1. The molecular weight excluding hydrogens is 380 g/mol. The highest BCUT2D eigenvalue weighted by atomic mass is 16.3. The predicted molar refractivity (Wildman–Crippen MR) is 112 cm³/mol. The molecule has 156 valence electrons. The average molecular weight is 406 g/mol. The average Bonchev–Trinajstić information content (AvgIpc) is 3.14. The molecule has 1 atom stereocenters. The van der Waals surface area contributed by atoms with Gasteiger partial charge >= 0.3 is 0 Å². The minimum atomic E-state index is 0.0605. The van der Waals surface area contributed by atoms with Crippen molar-refractivity contribution >= 4 is 5.91 Å². The maximum absolute atomic E-state index is 13.3. The molecule has 0 spiro atoms. The number of rotatable bonds is 5. The molecule has 0 N–H and O–H groups in total. The van der Waals surface area contributed by atoms with Crippen molar-refractivity contribution in [1.82, 2.24) is 29.5 Å². The number of aryl methyl sites for hydroxylation is 1. The summed E-state index contributed by atoms with van der Waals surface area (Å²) in [6, 6.07) is 6.04. The molecular formula is C22H26N6O2. The second kappa shape index (κ2) is 7.36. The van der Waals surface area contributed by atoms with Crippen molar-refractivity contribution in [3.8, 4) is 17.4 Å². The maximum Gasteiger partial charge on any atom is 0.257 e. The van der Waals surface area contributed by atoms with E-state index >= 15 is 0 Å². The number of carbonyl (C=O) groups excluding carboxylic acids is 1. The smallest absolute Gasteiger partial charge is 0.257 e. The summed E-state index contributed by atoms with van der Waals surface area (Å²) < 4.78 is 7.45. The van der Waals surface area contributed by atoms with Crippen molar-refractivity contribution < 1.29 is 9.21 Å². The number of nitrogens with zero attached hydrogens (tertiary/aromatic N) is 6. The number of hydrogen-bond donors (Lipinski definition) is 0. The van der Waals surface area contributed by atoms with Crippen molar-refractivity contribution in [2.45, 2.75) is 38.1 Å². The van der Waals surface area contributed by atoms with E-state index in [-0.39, 0.29) is 5.91 Å². The van der Waals surface area contributed by atoms with Gasteiger partial charge in [-0.2, -0.15) is 5.10 Å². The van der Waals surface area contributed by atoms with Crippen molar-refractivity contribution in [1.29, 1.82) is 0 Å². The molecule has 0 radical (unpaired) electrons. The molecule has 4 heterocycles. The van der Waals surface area contributed by atoms with Gasteiger partial charge in [-0.3, -0.25) is 4.79 Å². The van der Waals surface area contributed by atoms with E-state index in [1.54, 1.807) is 17.1 Å². The molecule has 1 saturated carbocycles. The van der Waals surface area contributed by atoms with Crippen LogP contribution in [0.25, 0.3) is 17.4 Å². The first-order chi connectivity index (χ1) is 14.5. The molecule has 0 unspecified atom stereocenters. The maximum atomic E-state index is 13.3. The largest absolute Gasteiger partial charge is 0.460 e. The zero-order valence-corrected chi connectivity index (χ0v) is 17.6. The Kier molecular flexibility index (Phi) is 4.66. The van der Waals surface area contributed by atoms with Crippen LogP contribution in [-0.4, -0.2) is 68.7 Å². The molecule has 1 aliphatic heterocycles. The van der Waals surface area contributed by atoms with Crippen molar-refractivity contribution in [2.75, 3.05) is 27.2 Å². The van der Waals surface area contributed by atoms with E-state index in [0.29, 0.717) is 34.9 Å². The fraction of sp³-hybridized carbons (Fsp3) is 0.455. The fourth-order valence-corrected chi connectivity index (χ4v) is 4.11. The molecule has 0 aromatic carbocycles. The van der Waals surface area contributed by atoms with Crippen LogP contribution in [0.5, 0.6) is 0 Å². The van der Waals surface area contributed by atoms with Gasteiger partial charge in [0.15, 0.2) is 5.76 Å². The van der Waals surface area contributed by atoms with Crippen molar-refractivity contribution in [2.24, 2.45) is 0 Å². The van der Waals surface area contributed by atoms with E-state index in [9.17, 15) is 4.79 Å². The van der Waals surface area contributed by atoms with Gasteiger partial charge in [0.2, 0.25) is 0 Å². The topological polar surface area (TPSA) is 80.3 Å². The van der Waals surface area contributed by atoms with Gasteiger partial charge < -0.3 is 14.2 Å². The molecule has 5 rings (SSSR count). The SMILES string of the molecule is Cc1ccc(-c2ccnc(-n3ncc(C(=O)N4CC[C@H](N(C)C)C4)c3C3CC3)n2)o1. The monoisotopic (exact) mass is 406 g/mol. The standard InChI is InChI=1S/C22H26N6O2/c1-14-4-7-19(30-14)18-8-10-23-22(25-18)28-20(15-5-6-15)17(12-24-28)21(29)27-11-9-16(13-27)26(2)3/h4,7-8,10,12,15-16H,5-6,9,11,13H2,1-3H3/t16-/m0/s1. The Labute approximate surface area is 175 Å². The first-order valence-electron chi connectivity index (χ1n) is 10.4. The molecule has 3 aromatic rings. The summed E-state index contributed by atoms with van der Waals surface area (Å²) in [5.74, 6) is 2.38. The van der Waals surface area contributed by atoms with Crippen LogP contribution >= 0.6 is 0 Å². The van der Waals surface area contributed by atoms with Gasteiger partial charge in [-0.05, 0) is 58.5 Å². The zero-order chi connectivity index (χ0) is 20.8. The lowest BCUT2D eigenvalue weighted by Crippen LogP contribution is -2.34. The van der Waals surface area contributed by atoms with Gasteiger partial charge in [0.25, 0.3) is 11.9 Å². The molecule has 3 aromatic heterocycles. The number of hydrogen-bond acceptors (Lipinski definition) is 6. The normalized spacial score (nSPS) is 19.1. The molecule has 1 saturated heterocycles. The second-order valence-corrected chi connectivity index (χ2v) is 8.44. The Morgan fingerprint density at radius 1 is 1.20 bits per heavy atom. The second-order valence-electron chi connectivity index (χ2n) is 8.44. The van der Waals surface area contributed by atoms with E-state index < -0.39 is 0 Å². The molecule has 8 heteroatoms. The Morgan fingerprint density at radius 2 is 2.03 bits per heavy atom. The molecule has 1 aliphatic carbocycles. The molecule has 2 aliphatic rings. The Balaban J connectivity index is 1.48. The lowest BCUT2D eigenvalue weighted by Gasteiger charge is -2.20. The molecule has 1 amide bonds. The zero-order valence-electron chi connectivity index (χ0n) is 17.6. The van der Waals surface area contributed by atoms with E-state index in [1.807, 2.05) is 30.0 Å². The van der Waals surface area contributed by atoms with Crippen LogP contribution in [0.1, 0.15) is 47.0 Å². The summed E-state index contributed by atoms with van der Waals surface area (Å²) in [5, 5.41) is 4.54. The fourth-order valence-electron chi connectivity index (χ4n) is 4.11. The number of amides is 1. The number of carbonyl (C=O) groups is 1. The lowest BCUT2D eigenvalue weighted by molar-refractivity contribution is 0.0782. The summed E-state index contributed by atoms with van der Waals surface area (Å²) >= 11 is 0. The van der Waals surface area contributed by atoms with Crippen LogP contribution in [0, 0.1) is 6.92 Å². The summed E-state index contributed by atoms with van der Waals surface area (Å²) in [5.41, 5.74) is 2.31. The van der Waals surface area contributed by atoms with Gasteiger partial charge in [0.05, 0.1) is 17.5 Å². The van der Waals surface area contributed by atoms with E-state index in [4.69, 9.17) is 4.42 Å². The van der Waals surface area contributed by atoms with Gasteiger partial charge in [0, 0.05) is 31.2 Å². The third kappa shape index (κ3) is 3.41. The Hall–Kier alpha value is -3.00. The first kappa shape index (κ1) is 19.0. The molecule has 0 bridgehead atoms.